The maximum absolute atomic E-state index is 9.59. The van der Waals surface area contributed by atoms with E-state index in [0.717, 1.165) is 0 Å². The van der Waals surface area contributed by atoms with Gasteiger partial charge in [0.05, 0.1) is 7.11 Å². The monoisotopic (exact) mass is 237 g/mol. The second-order valence-electron chi connectivity index (χ2n) is 2.62. The van der Waals surface area contributed by atoms with Crippen LogP contribution in [0.1, 0.15) is 27.7 Å². The molecule has 0 aliphatic carbocycles. The molecule has 0 spiro atoms. The van der Waals surface area contributed by atoms with Crippen molar-refractivity contribution < 1.29 is 23.9 Å². The summed E-state index contributed by atoms with van der Waals surface area (Å²) in [5.74, 6) is -0.412. The van der Waals surface area contributed by atoms with Crippen LogP contribution >= 0.6 is 0 Å². The second kappa shape index (κ2) is 23.4. The zero-order chi connectivity index (χ0) is 14.1. The summed E-state index contributed by atoms with van der Waals surface area (Å²) in [5, 5.41) is 0. The molecule has 16 heavy (non-hydrogen) atoms. The lowest BCUT2D eigenvalue weighted by Crippen LogP contribution is -2.01. The molecule has 0 bridgehead atoms. The molecule has 0 atom stereocenters. The first-order chi connectivity index (χ1) is 7.15. The molecule has 0 radical (unpaired) electrons. The van der Waals surface area contributed by atoms with Crippen molar-refractivity contribution in [1.29, 1.82) is 0 Å². The molecule has 98 valence electrons. The largest absolute Gasteiger partial charge is 0.469 e. The average molecular weight is 237 g/mol. The van der Waals surface area contributed by atoms with Gasteiger partial charge in [0, 0.05) is 28.1 Å². The highest BCUT2D eigenvalue weighted by molar-refractivity contribution is 5.72. The van der Waals surface area contributed by atoms with E-state index in [0.29, 0.717) is 0 Å². The molecule has 0 aromatic rings. The molecule has 0 aliphatic heterocycles. The number of carbonyl (C=O) groups excluding carboxylic acids is 3. The number of methoxy groups -OCH3 is 2. The van der Waals surface area contributed by atoms with Crippen LogP contribution in [0.3, 0.4) is 0 Å². The van der Waals surface area contributed by atoms with Crippen LogP contribution in [0.15, 0.2) is 0 Å². The first kappa shape index (κ1) is 24.0. The summed E-state index contributed by atoms with van der Waals surface area (Å²) in [6.45, 7) is 5.72. The Labute approximate surface area is 97.1 Å². The van der Waals surface area contributed by atoms with Crippen LogP contribution in [0.25, 0.3) is 0 Å². The lowest BCUT2D eigenvalue weighted by atomic mass is 10.6. The second-order valence-corrected chi connectivity index (χ2v) is 2.62. The van der Waals surface area contributed by atoms with E-state index in [1.54, 1.807) is 14.2 Å². The zero-order valence-electron chi connectivity index (χ0n) is 11.1. The molecule has 0 saturated heterocycles. The fraction of sp³-hybridized carbons (Fsp3) is 0.700. The summed E-state index contributed by atoms with van der Waals surface area (Å²) < 4.78 is 8.36. The van der Waals surface area contributed by atoms with Crippen LogP contribution < -0.4 is 5.73 Å². The highest BCUT2D eigenvalue weighted by Gasteiger charge is 1.75. The quantitative estimate of drug-likeness (QED) is 0.620. The van der Waals surface area contributed by atoms with Gasteiger partial charge in [0.15, 0.2) is 0 Å². The fourth-order valence-electron chi connectivity index (χ4n) is 0. The number of esters is 1. The first-order valence-corrected chi connectivity index (χ1v) is 4.33. The first-order valence-electron chi connectivity index (χ1n) is 4.33. The van der Waals surface area contributed by atoms with Crippen LogP contribution in [-0.4, -0.2) is 39.0 Å². The number of amides is 1. The van der Waals surface area contributed by atoms with Gasteiger partial charge in [-0.2, -0.15) is 0 Å². The van der Waals surface area contributed by atoms with Crippen molar-refractivity contribution in [2.75, 3.05) is 21.3 Å². The molecule has 2 N–H and O–H groups in total. The Kier molecular flexibility index (Phi) is 35.1. The lowest BCUT2D eigenvalue weighted by Gasteiger charge is -1.80. The number of rotatable bonds is 0. The van der Waals surface area contributed by atoms with Crippen molar-refractivity contribution in [2.45, 2.75) is 27.7 Å². The Bertz CT molecular complexity index is 160. The van der Waals surface area contributed by atoms with Crippen LogP contribution in [-0.2, 0) is 23.9 Å². The van der Waals surface area contributed by atoms with E-state index in [2.05, 4.69) is 15.2 Å². The predicted molar refractivity (Wildman–Crippen MR) is 61.8 cm³/mol. The molecule has 0 aliphatic rings. The lowest BCUT2D eigenvalue weighted by molar-refractivity contribution is -0.138. The van der Waals surface area contributed by atoms with Crippen LogP contribution in [0, 0.1) is 0 Å². The third kappa shape index (κ3) is 5180. The molecular weight excluding hydrogens is 214 g/mol. The van der Waals surface area contributed by atoms with Crippen molar-refractivity contribution in [2.24, 2.45) is 5.73 Å². The highest BCUT2D eigenvalue weighted by atomic mass is 16.5. The molecule has 6 nitrogen and oxygen atoms in total. The van der Waals surface area contributed by atoms with Crippen molar-refractivity contribution in [3.63, 3.8) is 0 Å². The number of primary amides is 1. The van der Waals surface area contributed by atoms with Crippen molar-refractivity contribution >= 4 is 17.7 Å². The Balaban J connectivity index is -0.0000000610. The molecule has 0 aromatic carbocycles. The fourth-order valence-corrected chi connectivity index (χ4v) is 0. The average Bonchev–Trinajstić information content (AvgIpc) is 2.03. The molecule has 0 unspecified atom stereocenters. The topological polar surface area (TPSA) is 95.7 Å². The van der Waals surface area contributed by atoms with Gasteiger partial charge in [-0.25, -0.2) is 0 Å². The van der Waals surface area contributed by atoms with Gasteiger partial charge in [-0.05, 0) is 13.8 Å². The van der Waals surface area contributed by atoms with E-state index in [1.165, 1.54) is 34.8 Å². The molecule has 1 amide bonds. The molecule has 0 aromatic heterocycles. The SMILES string of the molecule is CC(C)=O.CC(N)=O.COC.COC(C)=O. The van der Waals surface area contributed by atoms with Gasteiger partial charge in [0.25, 0.3) is 0 Å². The Morgan fingerprint density at radius 1 is 0.875 bits per heavy atom. The Morgan fingerprint density at radius 2 is 0.938 bits per heavy atom. The summed E-state index contributed by atoms with van der Waals surface area (Å²) in [5.41, 5.74) is 4.47. The molecule has 0 saturated carbocycles. The van der Waals surface area contributed by atoms with Crippen LogP contribution in [0.4, 0.5) is 0 Å². The van der Waals surface area contributed by atoms with E-state index in [1.807, 2.05) is 0 Å². The standard InChI is InChI=1S/C3H6O2.C3H6O.C2H5NO.C2H6O/c1-3(4)5-2;1-3(2)4;1-2(3)4;1-3-2/h1-2H3;1-2H3;1H3,(H2,3,4);1-2H3. The summed E-state index contributed by atoms with van der Waals surface area (Å²) in [6.07, 6.45) is 0. The van der Waals surface area contributed by atoms with E-state index >= 15 is 0 Å². The van der Waals surface area contributed by atoms with E-state index in [9.17, 15) is 14.4 Å². The number of Topliss-reactive ketones (excluding diaryl/α,β-unsaturated/α-hetero) is 1. The third-order valence-corrected chi connectivity index (χ3v) is 0.287. The van der Waals surface area contributed by atoms with E-state index < -0.39 is 0 Å². The van der Waals surface area contributed by atoms with Gasteiger partial charge < -0.3 is 20.0 Å². The predicted octanol–water partition coefficient (Wildman–Crippen LogP) is 0.529. The zero-order valence-corrected chi connectivity index (χ0v) is 11.1. The number of ether oxygens (including phenoxy) is 2. The maximum atomic E-state index is 9.59. The highest BCUT2D eigenvalue weighted by Crippen LogP contribution is 1.60. The minimum absolute atomic E-state index is 0.167. The number of hydrogen-bond donors (Lipinski definition) is 1. The van der Waals surface area contributed by atoms with Gasteiger partial charge in [-0.15, -0.1) is 0 Å². The molecule has 6 heteroatoms. The number of ketones is 1. The molecule has 0 fully saturated rings. The third-order valence-electron chi connectivity index (χ3n) is 0.287. The number of carbonyl (C=O) groups is 3. The maximum Gasteiger partial charge on any atom is 0.302 e. The van der Waals surface area contributed by atoms with Crippen LogP contribution in [0.5, 0.6) is 0 Å². The molecular formula is C10H23NO5. The van der Waals surface area contributed by atoms with Gasteiger partial charge in [-0.3, -0.25) is 9.59 Å². The Hall–Kier alpha value is -1.43. The van der Waals surface area contributed by atoms with E-state index in [-0.39, 0.29) is 17.7 Å². The molecule has 0 heterocycles. The minimum Gasteiger partial charge on any atom is -0.469 e. The normalized spacial score (nSPS) is 6.44. The Morgan fingerprint density at radius 3 is 0.938 bits per heavy atom. The minimum atomic E-state index is -0.333. The van der Waals surface area contributed by atoms with Gasteiger partial charge in [0.2, 0.25) is 5.91 Å². The van der Waals surface area contributed by atoms with Crippen molar-refractivity contribution in [3.8, 4) is 0 Å². The molecule has 0 rings (SSSR count). The van der Waals surface area contributed by atoms with Crippen molar-refractivity contribution in [1.82, 2.24) is 0 Å². The van der Waals surface area contributed by atoms with Gasteiger partial charge >= 0.3 is 5.97 Å². The van der Waals surface area contributed by atoms with Crippen LogP contribution in [0.2, 0.25) is 0 Å². The van der Waals surface area contributed by atoms with Gasteiger partial charge in [-0.1, -0.05) is 0 Å². The summed E-state index contributed by atoms with van der Waals surface area (Å²) >= 11 is 0. The van der Waals surface area contributed by atoms with Crippen molar-refractivity contribution in [3.05, 3.63) is 0 Å². The van der Waals surface area contributed by atoms with Gasteiger partial charge in [0.1, 0.15) is 5.78 Å². The summed E-state index contributed by atoms with van der Waals surface area (Å²) in [4.78, 5) is 28.3. The summed E-state index contributed by atoms with van der Waals surface area (Å²) in [7, 11) is 4.60. The number of nitrogens with two attached hydrogens (primary N) is 1. The summed E-state index contributed by atoms with van der Waals surface area (Å²) in [6, 6.07) is 0. The smallest absolute Gasteiger partial charge is 0.302 e. The van der Waals surface area contributed by atoms with E-state index in [4.69, 9.17) is 0 Å². The number of hydrogen-bond acceptors (Lipinski definition) is 5.